The molecule has 102 valence electrons. The molecule has 1 N–H and O–H groups in total. The van der Waals surface area contributed by atoms with Gasteiger partial charge in [0.1, 0.15) is 0 Å². The minimum absolute atomic E-state index is 0.577. The largest absolute Gasteiger partial charge is 0.308 e. The van der Waals surface area contributed by atoms with Crippen molar-refractivity contribution < 1.29 is 0 Å². The maximum Gasteiger partial charge on any atom is 0.0446 e. The molecule has 1 aromatic rings. The fourth-order valence-electron chi connectivity index (χ4n) is 2.43. The molecule has 18 heavy (non-hydrogen) atoms. The molecule has 2 rings (SSSR count). The number of hydrogen-bond donors (Lipinski definition) is 1. The zero-order valence-electron chi connectivity index (χ0n) is 12.0. The zero-order valence-corrected chi connectivity index (χ0v) is 12.8. The molecule has 0 spiro atoms. The Balaban J connectivity index is 2.02. The van der Waals surface area contributed by atoms with Crippen LogP contribution in [-0.2, 0) is 0 Å². The van der Waals surface area contributed by atoms with Crippen molar-refractivity contribution >= 4 is 11.3 Å². The summed E-state index contributed by atoms with van der Waals surface area (Å²) in [6, 6.07) is 5.62. The Bertz CT molecular complexity index is 341. The van der Waals surface area contributed by atoms with Crippen LogP contribution in [0, 0.1) is 11.8 Å². The summed E-state index contributed by atoms with van der Waals surface area (Å²) >= 11 is 1.90. The molecule has 0 radical (unpaired) electrons. The Morgan fingerprint density at radius 3 is 2.56 bits per heavy atom. The molecule has 1 aromatic heterocycles. The van der Waals surface area contributed by atoms with E-state index in [1.807, 2.05) is 11.3 Å². The molecule has 0 aliphatic heterocycles. The standard InChI is InChI=1S/C15H26N2S/c1-11(2)13(10-17(3)4)16-15(12-7-8-12)14-6-5-9-18-14/h5-6,9,11-13,15-16H,7-8,10H2,1-4H3. The van der Waals surface area contributed by atoms with Crippen LogP contribution in [-0.4, -0.2) is 31.6 Å². The topological polar surface area (TPSA) is 15.3 Å². The van der Waals surface area contributed by atoms with Gasteiger partial charge < -0.3 is 10.2 Å². The first-order chi connectivity index (χ1) is 8.58. The van der Waals surface area contributed by atoms with E-state index in [4.69, 9.17) is 0 Å². The summed E-state index contributed by atoms with van der Waals surface area (Å²) in [7, 11) is 4.32. The van der Waals surface area contributed by atoms with Crippen LogP contribution < -0.4 is 5.32 Å². The molecule has 0 aromatic carbocycles. The molecule has 2 nitrogen and oxygen atoms in total. The highest BCUT2D eigenvalue weighted by molar-refractivity contribution is 7.10. The number of thiophene rings is 1. The number of nitrogens with zero attached hydrogens (tertiary/aromatic N) is 1. The van der Waals surface area contributed by atoms with Crippen LogP contribution in [0.5, 0.6) is 0 Å². The fourth-order valence-corrected chi connectivity index (χ4v) is 3.31. The second-order valence-corrected chi connectivity index (χ2v) is 7.09. The molecule has 2 unspecified atom stereocenters. The second-order valence-electron chi connectivity index (χ2n) is 6.11. The number of nitrogens with one attached hydrogen (secondary N) is 1. The molecule has 2 atom stereocenters. The van der Waals surface area contributed by atoms with Gasteiger partial charge >= 0.3 is 0 Å². The van der Waals surface area contributed by atoms with Gasteiger partial charge in [-0.1, -0.05) is 19.9 Å². The monoisotopic (exact) mass is 266 g/mol. The minimum atomic E-state index is 0.577. The molecular weight excluding hydrogens is 240 g/mol. The van der Waals surface area contributed by atoms with Crippen LogP contribution in [0.15, 0.2) is 17.5 Å². The van der Waals surface area contributed by atoms with Crippen molar-refractivity contribution in [1.29, 1.82) is 0 Å². The predicted octanol–water partition coefficient (Wildman–Crippen LogP) is 3.38. The highest BCUT2D eigenvalue weighted by Gasteiger charge is 2.34. The summed E-state index contributed by atoms with van der Waals surface area (Å²) in [5.41, 5.74) is 0. The van der Waals surface area contributed by atoms with E-state index in [-0.39, 0.29) is 0 Å². The van der Waals surface area contributed by atoms with E-state index in [0.717, 1.165) is 12.5 Å². The van der Waals surface area contributed by atoms with Gasteiger partial charge in [-0.25, -0.2) is 0 Å². The molecule has 1 heterocycles. The SMILES string of the molecule is CC(C)C(CN(C)C)NC(c1cccs1)C1CC1. The third kappa shape index (κ3) is 3.81. The first-order valence-corrected chi connectivity index (χ1v) is 7.90. The zero-order chi connectivity index (χ0) is 13.1. The van der Waals surface area contributed by atoms with Gasteiger partial charge in [0.25, 0.3) is 0 Å². The molecule has 0 saturated heterocycles. The van der Waals surface area contributed by atoms with Crippen molar-refractivity contribution in [1.82, 2.24) is 10.2 Å². The van der Waals surface area contributed by atoms with Gasteiger partial charge in [0.15, 0.2) is 0 Å². The van der Waals surface area contributed by atoms with Crippen molar-refractivity contribution in [2.75, 3.05) is 20.6 Å². The van der Waals surface area contributed by atoms with Gasteiger partial charge in [-0.15, -0.1) is 11.3 Å². The lowest BCUT2D eigenvalue weighted by Gasteiger charge is -2.30. The van der Waals surface area contributed by atoms with Crippen molar-refractivity contribution in [3.05, 3.63) is 22.4 Å². The molecule has 1 aliphatic rings. The van der Waals surface area contributed by atoms with E-state index in [1.54, 1.807) is 0 Å². The van der Waals surface area contributed by atoms with Gasteiger partial charge in [-0.05, 0) is 50.2 Å². The minimum Gasteiger partial charge on any atom is -0.308 e. The van der Waals surface area contributed by atoms with Gasteiger partial charge in [-0.3, -0.25) is 0 Å². The Morgan fingerprint density at radius 2 is 2.11 bits per heavy atom. The Labute approximate surface area is 115 Å². The summed E-state index contributed by atoms with van der Waals surface area (Å²) in [6.07, 6.45) is 2.78. The van der Waals surface area contributed by atoms with Crippen molar-refractivity contribution in [2.45, 2.75) is 38.8 Å². The van der Waals surface area contributed by atoms with Gasteiger partial charge in [0, 0.05) is 23.5 Å². The smallest absolute Gasteiger partial charge is 0.0446 e. The average molecular weight is 266 g/mol. The van der Waals surface area contributed by atoms with E-state index in [2.05, 4.69) is 55.7 Å². The van der Waals surface area contributed by atoms with E-state index in [0.29, 0.717) is 18.0 Å². The van der Waals surface area contributed by atoms with Crippen LogP contribution in [0.4, 0.5) is 0 Å². The van der Waals surface area contributed by atoms with E-state index >= 15 is 0 Å². The van der Waals surface area contributed by atoms with Crippen LogP contribution >= 0.6 is 11.3 Å². The summed E-state index contributed by atoms with van der Waals surface area (Å²) in [5, 5.41) is 6.12. The first kappa shape index (κ1) is 14.0. The van der Waals surface area contributed by atoms with Crippen molar-refractivity contribution in [3.63, 3.8) is 0 Å². The highest BCUT2D eigenvalue weighted by atomic mass is 32.1. The second kappa shape index (κ2) is 6.18. The first-order valence-electron chi connectivity index (χ1n) is 7.02. The average Bonchev–Trinajstić information content (AvgIpc) is 2.98. The normalized spacial score (nSPS) is 19.4. The van der Waals surface area contributed by atoms with Gasteiger partial charge in [0.2, 0.25) is 0 Å². The number of rotatable bonds is 7. The van der Waals surface area contributed by atoms with Gasteiger partial charge in [0.05, 0.1) is 0 Å². The van der Waals surface area contributed by atoms with Gasteiger partial charge in [-0.2, -0.15) is 0 Å². The number of hydrogen-bond acceptors (Lipinski definition) is 3. The maximum absolute atomic E-state index is 3.92. The Hall–Kier alpha value is -0.380. The quantitative estimate of drug-likeness (QED) is 0.814. The maximum atomic E-state index is 3.92. The van der Waals surface area contributed by atoms with Crippen LogP contribution in [0.3, 0.4) is 0 Å². The third-order valence-electron chi connectivity index (χ3n) is 3.70. The summed E-state index contributed by atoms with van der Waals surface area (Å²) in [4.78, 5) is 3.80. The fraction of sp³-hybridized carbons (Fsp3) is 0.733. The molecule has 1 fully saturated rings. The summed E-state index contributed by atoms with van der Waals surface area (Å²) < 4.78 is 0. The van der Waals surface area contributed by atoms with Crippen molar-refractivity contribution in [2.24, 2.45) is 11.8 Å². The van der Waals surface area contributed by atoms with Crippen LogP contribution in [0.25, 0.3) is 0 Å². The molecule has 0 bridgehead atoms. The lowest BCUT2D eigenvalue weighted by atomic mass is 10.0. The summed E-state index contributed by atoms with van der Waals surface area (Å²) in [5.74, 6) is 1.54. The third-order valence-corrected chi connectivity index (χ3v) is 4.66. The Morgan fingerprint density at radius 1 is 1.39 bits per heavy atom. The van der Waals surface area contributed by atoms with E-state index in [9.17, 15) is 0 Å². The highest BCUT2D eigenvalue weighted by Crippen LogP contribution is 2.42. The number of likely N-dealkylation sites (N-methyl/N-ethyl adjacent to an activating group) is 1. The van der Waals surface area contributed by atoms with Crippen LogP contribution in [0.2, 0.25) is 0 Å². The summed E-state index contributed by atoms with van der Waals surface area (Å²) in [6.45, 7) is 5.76. The molecule has 1 aliphatic carbocycles. The predicted molar refractivity (Wildman–Crippen MR) is 80.1 cm³/mol. The molecule has 3 heteroatoms. The molecular formula is C15H26N2S. The van der Waals surface area contributed by atoms with E-state index < -0.39 is 0 Å². The van der Waals surface area contributed by atoms with Crippen LogP contribution in [0.1, 0.15) is 37.6 Å². The molecule has 1 saturated carbocycles. The lowest BCUT2D eigenvalue weighted by molar-refractivity contribution is 0.262. The van der Waals surface area contributed by atoms with E-state index in [1.165, 1.54) is 17.7 Å². The van der Waals surface area contributed by atoms with Crippen molar-refractivity contribution in [3.8, 4) is 0 Å². The Kier molecular flexibility index (Phi) is 4.82. The lowest BCUT2D eigenvalue weighted by Crippen LogP contribution is -2.44. The molecule has 0 amide bonds.